The van der Waals surface area contributed by atoms with Crippen LogP contribution >= 0.6 is 0 Å². The number of hydrogen-bond donors (Lipinski definition) is 0. The quantitative estimate of drug-likeness (QED) is 0.266. The Labute approximate surface area is 99.6 Å². The molecule has 0 aliphatic carbocycles. The van der Waals surface area contributed by atoms with E-state index in [1.807, 2.05) is 36.4 Å². The zero-order valence-corrected chi connectivity index (χ0v) is 9.59. The van der Waals surface area contributed by atoms with E-state index >= 15 is 0 Å². The number of carbonyl (C=O) groups excluding carboxylic acids is 1. The molecule has 0 unspecified atom stereocenters. The van der Waals surface area contributed by atoms with E-state index < -0.39 is 0 Å². The van der Waals surface area contributed by atoms with Crippen LogP contribution in [0.25, 0.3) is 10.8 Å². The average Bonchev–Trinajstić information content (AvgIpc) is 2.35. The van der Waals surface area contributed by atoms with Crippen LogP contribution in [0, 0.1) is 5.21 Å². The van der Waals surface area contributed by atoms with E-state index in [1.165, 1.54) is 13.3 Å². The second kappa shape index (κ2) is 4.78. The van der Waals surface area contributed by atoms with Gasteiger partial charge in [-0.15, -0.1) is 0 Å². The van der Waals surface area contributed by atoms with Gasteiger partial charge in [0.1, 0.15) is 7.05 Å². The van der Waals surface area contributed by atoms with Crippen molar-refractivity contribution < 1.29 is 9.53 Å². The fraction of sp³-hybridized carbons (Fsp3) is 0.143. The summed E-state index contributed by atoms with van der Waals surface area (Å²) in [6, 6.07) is 13.4. The summed E-state index contributed by atoms with van der Waals surface area (Å²) in [5.74, 6) is -0.0431. The largest absolute Gasteiger partial charge is 0.624 e. The van der Waals surface area contributed by atoms with E-state index in [4.69, 9.17) is 0 Å². The standard InChI is InChI=1S/C14H13NO2/c1-15(17)9-8-14(16)13-7-6-11-4-2-3-5-12(11)10-13/h2-7,9-10H,8H2,1H3/b15-9-. The maximum absolute atomic E-state index is 11.8. The number of Topliss-reactive ketones (excluding diaryl/α,β-unsaturated/α-hetero) is 1. The minimum atomic E-state index is -0.0431. The molecule has 2 rings (SSSR count). The van der Waals surface area contributed by atoms with E-state index in [1.54, 1.807) is 6.07 Å². The third-order valence-corrected chi connectivity index (χ3v) is 2.61. The lowest BCUT2D eigenvalue weighted by molar-refractivity contribution is -0.418. The van der Waals surface area contributed by atoms with Crippen molar-refractivity contribution in [3.63, 3.8) is 0 Å². The number of benzene rings is 2. The summed E-state index contributed by atoms with van der Waals surface area (Å²) in [5.41, 5.74) is 0.641. The molecule has 3 nitrogen and oxygen atoms in total. The SMILES string of the molecule is C/[N+]([O-])=C/CC(=O)c1ccc2ccccc2c1. The highest BCUT2D eigenvalue weighted by Crippen LogP contribution is 2.16. The molecule has 2 aromatic rings. The van der Waals surface area contributed by atoms with Crippen molar-refractivity contribution in [3.8, 4) is 0 Å². The van der Waals surface area contributed by atoms with Gasteiger partial charge in [0.05, 0.1) is 6.42 Å². The van der Waals surface area contributed by atoms with Gasteiger partial charge in [0.25, 0.3) is 0 Å². The molecule has 0 aliphatic rings. The molecule has 17 heavy (non-hydrogen) atoms. The lowest BCUT2D eigenvalue weighted by atomic mass is 10.0. The fourth-order valence-electron chi connectivity index (χ4n) is 1.69. The Hall–Kier alpha value is -2.16. The molecule has 0 heterocycles. The third kappa shape index (κ3) is 2.69. The molecule has 3 heteroatoms. The van der Waals surface area contributed by atoms with Crippen LogP contribution in [0.4, 0.5) is 0 Å². The van der Waals surface area contributed by atoms with Gasteiger partial charge in [-0.25, -0.2) is 4.74 Å². The molecule has 0 atom stereocenters. The highest BCUT2D eigenvalue weighted by atomic mass is 16.5. The molecule has 0 aliphatic heterocycles. The first-order chi connectivity index (χ1) is 8.16. The zero-order valence-electron chi connectivity index (χ0n) is 9.59. The molecular weight excluding hydrogens is 214 g/mol. The van der Waals surface area contributed by atoms with Crippen molar-refractivity contribution in [2.75, 3.05) is 7.05 Å². The molecule has 0 fully saturated rings. The number of hydrogen-bond acceptors (Lipinski definition) is 2. The van der Waals surface area contributed by atoms with Crippen molar-refractivity contribution in [3.05, 3.63) is 53.2 Å². The minimum absolute atomic E-state index is 0.0431. The minimum Gasteiger partial charge on any atom is -0.624 e. The normalized spacial score (nSPS) is 11.7. The molecule has 0 amide bonds. The maximum Gasteiger partial charge on any atom is 0.172 e. The van der Waals surface area contributed by atoms with Gasteiger partial charge in [-0.2, -0.15) is 0 Å². The van der Waals surface area contributed by atoms with E-state index in [9.17, 15) is 10.0 Å². The first kappa shape index (κ1) is 11.3. The van der Waals surface area contributed by atoms with Gasteiger partial charge < -0.3 is 5.21 Å². The van der Waals surface area contributed by atoms with Crippen LogP contribution in [0.15, 0.2) is 42.5 Å². The fourth-order valence-corrected chi connectivity index (χ4v) is 1.69. The van der Waals surface area contributed by atoms with E-state index in [2.05, 4.69) is 0 Å². The van der Waals surface area contributed by atoms with Crippen LogP contribution in [0.3, 0.4) is 0 Å². The van der Waals surface area contributed by atoms with Gasteiger partial charge in [0.15, 0.2) is 12.0 Å². The molecule has 0 bridgehead atoms. The van der Waals surface area contributed by atoms with Crippen molar-refractivity contribution in [2.45, 2.75) is 6.42 Å². The topological polar surface area (TPSA) is 43.1 Å². The predicted octanol–water partition coefficient (Wildman–Crippen LogP) is 2.62. The lowest BCUT2D eigenvalue weighted by Gasteiger charge is -2.01. The summed E-state index contributed by atoms with van der Waals surface area (Å²) < 4.78 is 0.652. The van der Waals surface area contributed by atoms with Crippen LogP contribution in [0.5, 0.6) is 0 Å². The summed E-state index contributed by atoms with van der Waals surface area (Å²) in [5, 5.41) is 12.8. The van der Waals surface area contributed by atoms with E-state index in [0.29, 0.717) is 10.3 Å². The van der Waals surface area contributed by atoms with Gasteiger partial charge in [0, 0.05) is 5.56 Å². The Morgan fingerprint density at radius 1 is 1.24 bits per heavy atom. The van der Waals surface area contributed by atoms with Crippen LogP contribution in [-0.4, -0.2) is 23.8 Å². The van der Waals surface area contributed by atoms with Crippen LogP contribution < -0.4 is 0 Å². The van der Waals surface area contributed by atoms with Gasteiger partial charge in [-0.3, -0.25) is 4.79 Å². The van der Waals surface area contributed by atoms with E-state index in [-0.39, 0.29) is 12.2 Å². The third-order valence-electron chi connectivity index (χ3n) is 2.61. The van der Waals surface area contributed by atoms with Crippen LogP contribution in [-0.2, 0) is 0 Å². The number of fused-ring (bicyclic) bond motifs is 1. The zero-order chi connectivity index (χ0) is 12.3. The van der Waals surface area contributed by atoms with Crippen molar-refractivity contribution in [2.24, 2.45) is 0 Å². The molecule has 0 saturated carbocycles. The molecule has 0 spiro atoms. The number of hydroxylamine groups is 1. The molecular formula is C14H13NO2. The Bertz CT molecular complexity index is 584. The van der Waals surface area contributed by atoms with Crippen LogP contribution in [0.1, 0.15) is 16.8 Å². The first-order valence-electron chi connectivity index (χ1n) is 5.42. The van der Waals surface area contributed by atoms with Crippen molar-refractivity contribution >= 4 is 22.8 Å². The Balaban J connectivity index is 2.30. The second-order valence-electron chi connectivity index (χ2n) is 3.92. The molecule has 2 aromatic carbocycles. The van der Waals surface area contributed by atoms with Crippen molar-refractivity contribution in [1.82, 2.24) is 0 Å². The van der Waals surface area contributed by atoms with Crippen LogP contribution in [0.2, 0.25) is 0 Å². The van der Waals surface area contributed by atoms with E-state index in [0.717, 1.165) is 10.8 Å². The number of carbonyl (C=O) groups is 1. The van der Waals surface area contributed by atoms with Gasteiger partial charge in [-0.05, 0) is 16.8 Å². The second-order valence-corrected chi connectivity index (χ2v) is 3.92. The Kier molecular flexibility index (Phi) is 3.19. The summed E-state index contributed by atoms with van der Waals surface area (Å²) in [7, 11) is 1.37. The smallest absolute Gasteiger partial charge is 0.172 e. The number of ketones is 1. The molecule has 0 radical (unpaired) electrons. The monoisotopic (exact) mass is 227 g/mol. The highest BCUT2D eigenvalue weighted by Gasteiger charge is 2.06. The maximum atomic E-state index is 11.8. The predicted molar refractivity (Wildman–Crippen MR) is 68.5 cm³/mol. The first-order valence-corrected chi connectivity index (χ1v) is 5.42. The summed E-state index contributed by atoms with van der Waals surface area (Å²) >= 11 is 0. The average molecular weight is 227 g/mol. The van der Waals surface area contributed by atoms with Gasteiger partial charge in [0.2, 0.25) is 0 Å². The molecule has 0 saturated heterocycles. The van der Waals surface area contributed by atoms with Crippen molar-refractivity contribution in [1.29, 1.82) is 0 Å². The summed E-state index contributed by atoms with van der Waals surface area (Å²) in [4.78, 5) is 11.8. The summed E-state index contributed by atoms with van der Waals surface area (Å²) in [6.07, 6.45) is 1.47. The molecule has 86 valence electrons. The number of rotatable bonds is 3. The summed E-state index contributed by atoms with van der Waals surface area (Å²) in [6.45, 7) is 0. The Morgan fingerprint density at radius 2 is 1.94 bits per heavy atom. The van der Waals surface area contributed by atoms with Gasteiger partial charge >= 0.3 is 0 Å². The molecule has 0 aromatic heterocycles. The highest BCUT2D eigenvalue weighted by molar-refractivity contribution is 6.05. The lowest BCUT2D eigenvalue weighted by Crippen LogP contribution is -2.04. The molecule has 0 N–H and O–H groups in total. The Morgan fingerprint density at radius 3 is 2.65 bits per heavy atom. The number of nitrogens with zero attached hydrogens (tertiary/aromatic N) is 1. The van der Waals surface area contributed by atoms with Gasteiger partial charge in [-0.1, -0.05) is 36.4 Å².